The Morgan fingerprint density at radius 2 is 1.83 bits per heavy atom. The van der Waals surface area contributed by atoms with E-state index in [1.165, 1.54) is 10.9 Å². The SMILES string of the molecule is c1ccc2c(c1)ccn2-c1cc(NCCc2ccncc2)ncn1. The molecular weight excluding hydrogens is 298 g/mol. The molecule has 1 N–H and O–H groups in total. The zero-order valence-electron chi connectivity index (χ0n) is 13.1. The van der Waals surface area contributed by atoms with Gasteiger partial charge < -0.3 is 9.88 Å². The molecule has 0 fully saturated rings. The fourth-order valence-corrected chi connectivity index (χ4v) is 2.74. The van der Waals surface area contributed by atoms with Gasteiger partial charge in [0.2, 0.25) is 0 Å². The lowest BCUT2D eigenvalue weighted by molar-refractivity contribution is 0.973. The van der Waals surface area contributed by atoms with Crippen molar-refractivity contribution in [1.82, 2.24) is 19.5 Å². The Balaban J connectivity index is 1.51. The zero-order valence-corrected chi connectivity index (χ0v) is 13.1. The summed E-state index contributed by atoms with van der Waals surface area (Å²) in [7, 11) is 0. The number of hydrogen-bond donors (Lipinski definition) is 1. The number of anilines is 1. The third-order valence-corrected chi connectivity index (χ3v) is 3.97. The molecule has 0 aliphatic rings. The Hall–Kier alpha value is -3.21. The average Bonchev–Trinajstić information content (AvgIpc) is 3.07. The van der Waals surface area contributed by atoms with Crippen LogP contribution >= 0.6 is 0 Å². The van der Waals surface area contributed by atoms with E-state index in [1.54, 1.807) is 6.33 Å². The maximum Gasteiger partial charge on any atom is 0.142 e. The zero-order chi connectivity index (χ0) is 16.2. The van der Waals surface area contributed by atoms with Crippen molar-refractivity contribution >= 4 is 16.7 Å². The van der Waals surface area contributed by atoms with Crippen molar-refractivity contribution in [2.75, 3.05) is 11.9 Å². The molecule has 4 aromatic rings. The molecule has 1 aromatic carbocycles. The third-order valence-electron chi connectivity index (χ3n) is 3.97. The Kier molecular flexibility index (Phi) is 3.90. The number of fused-ring (bicyclic) bond motifs is 1. The second-order valence-corrected chi connectivity index (χ2v) is 5.54. The van der Waals surface area contributed by atoms with Crippen molar-refractivity contribution < 1.29 is 0 Å². The van der Waals surface area contributed by atoms with Crippen molar-refractivity contribution in [3.63, 3.8) is 0 Å². The maximum atomic E-state index is 4.40. The van der Waals surface area contributed by atoms with Crippen LogP contribution in [0, 0.1) is 0 Å². The Bertz CT molecular complexity index is 946. The van der Waals surface area contributed by atoms with E-state index < -0.39 is 0 Å². The Morgan fingerprint density at radius 3 is 2.75 bits per heavy atom. The van der Waals surface area contributed by atoms with Crippen LogP contribution in [0.3, 0.4) is 0 Å². The normalized spacial score (nSPS) is 10.8. The van der Waals surface area contributed by atoms with E-state index >= 15 is 0 Å². The van der Waals surface area contributed by atoms with Gasteiger partial charge in [-0.3, -0.25) is 4.98 Å². The molecule has 3 heterocycles. The van der Waals surface area contributed by atoms with Crippen LogP contribution in [0.15, 0.2) is 73.4 Å². The number of para-hydroxylation sites is 1. The fourth-order valence-electron chi connectivity index (χ4n) is 2.74. The van der Waals surface area contributed by atoms with Crippen LogP contribution < -0.4 is 5.32 Å². The number of pyridine rings is 1. The first-order chi connectivity index (χ1) is 11.9. The molecule has 24 heavy (non-hydrogen) atoms. The second-order valence-electron chi connectivity index (χ2n) is 5.54. The third kappa shape index (κ3) is 2.96. The highest BCUT2D eigenvalue weighted by atomic mass is 15.1. The molecule has 0 aliphatic carbocycles. The number of nitrogens with one attached hydrogen (secondary N) is 1. The minimum Gasteiger partial charge on any atom is -0.370 e. The van der Waals surface area contributed by atoms with Gasteiger partial charge in [-0.05, 0) is 41.6 Å². The Labute approximate surface area is 140 Å². The van der Waals surface area contributed by atoms with Gasteiger partial charge in [0.1, 0.15) is 18.0 Å². The number of hydrogen-bond acceptors (Lipinski definition) is 4. The van der Waals surface area contributed by atoms with Gasteiger partial charge in [0.25, 0.3) is 0 Å². The summed E-state index contributed by atoms with van der Waals surface area (Å²) >= 11 is 0. The minimum absolute atomic E-state index is 0.812. The molecule has 5 nitrogen and oxygen atoms in total. The lowest BCUT2D eigenvalue weighted by Crippen LogP contribution is -2.07. The largest absolute Gasteiger partial charge is 0.370 e. The molecule has 0 saturated heterocycles. The molecule has 0 saturated carbocycles. The van der Waals surface area contributed by atoms with E-state index in [9.17, 15) is 0 Å². The first kappa shape index (κ1) is 14.4. The summed E-state index contributed by atoms with van der Waals surface area (Å²) < 4.78 is 2.07. The van der Waals surface area contributed by atoms with E-state index in [0.717, 1.165) is 30.1 Å². The highest BCUT2D eigenvalue weighted by molar-refractivity contribution is 5.81. The molecule has 0 radical (unpaired) electrons. The van der Waals surface area contributed by atoms with Crippen LogP contribution in [0.25, 0.3) is 16.7 Å². The van der Waals surface area contributed by atoms with Gasteiger partial charge in [-0.15, -0.1) is 0 Å². The molecule has 0 atom stereocenters. The second kappa shape index (κ2) is 6.50. The van der Waals surface area contributed by atoms with Gasteiger partial charge in [-0.1, -0.05) is 18.2 Å². The molecule has 5 heteroatoms. The van der Waals surface area contributed by atoms with Crippen molar-refractivity contribution in [2.45, 2.75) is 6.42 Å². The van der Waals surface area contributed by atoms with Crippen molar-refractivity contribution in [1.29, 1.82) is 0 Å². The lowest BCUT2D eigenvalue weighted by atomic mass is 10.2. The molecule has 118 valence electrons. The molecule has 3 aromatic heterocycles. The van der Waals surface area contributed by atoms with Crippen LogP contribution in [0.1, 0.15) is 5.56 Å². The summed E-state index contributed by atoms with van der Waals surface area (Å²) in [6.07, 6.45) is 8.19. The Morgan fingerprint density at radius 1 is 0.958 bits per heavy atom. The number of benzene rings is 1. The van der Waals surface area contributed by atoms with Crippen LogP contribution in [0.5, 0.6) is 0 Å². The van der Waals surface area contributed by atoms with E-state index in [1.807, 2.05) is 48.9 Å². The fraction of sp³-hybridized carbons (Fsp3) is 0.105. The molecular formula is C19H17N5. The van der Waals surface area contributed by atoms with E-state index in [-0.39, 0.29) is 0 Å². The number of aromatic nitrogens is 4. The van der Waals surface area contributed by atoms with Gasteiger partial charge >= 0.3 is 0 Å². The average molecular weight is 315 g/mol. The predicted molar refractivity (Wildman–Crippen MR) is 95.3 cm³/mol. The molecule has 0 spiro atoms. The van der Waals surface area contributed by atoms with Crippen LogP contribution in [0.4, 0.5) is 5.82 Å². The molecule has 0 unspecified atom stereocenters. The molecule has 4 rings (SSSR count). The van der Waals surface area contributed by atoms with E-state index in [0.29, 0.717) is 0 Å². The quantitative estimate of drug-likeness (QED) is 0.613. The van der Waals surface area contributed by atoms with Gasteiger partial charge in [0.15, 0.2) is 0 Å². The number of nitrogens with zero attached hydrogens (tertiary/aromatic N) is 4. The van der Waals surface area contributed by atoms with E-state index in [2.05, 4.69) is 43.0 Å². The standard InChI is InChI=1S/C19H17N5/c1-2-4-17-16(3-1)8-12-24(17)19-13-18(22-14-23-19)21-11-7-15-5-9-20-10-6-15/h1-6,8-10,12-14H,7,11H2,(H,21,22,23). The summed E-state index contributed by atoms with van der Waals surface area (Å²) in [6.45, 7) is 0.812. The van der Waals surface area contributed by atoms with E-state index in [4.69, 9.17) is 0 Å². The van der Waals surface area contributed by atoms with Gasteiger partial charge in [0.05, 0.1) is 5.52 Å². The summed E-state index contributed by atoms with van der Waals surface area (Å²) in [6, 6.07) is 16.4. The van der Waals surface area contributed by atoms with Crippen molar-refractivity contribution in [2.24, 2.45) is 0 Å². The monoisotopic (exact) mass is 315 g/mol. The molecule has 0 aliphatic heterocycles. The van der Waals surface area contributed by atoms with Crippen LogP contribution in [0.2, 0.25) is 0 Å². The van der Waals surface area contributed by atoms with Crippen LogP contribution in [-0.2, 0) is 6.42 Å². The minimum atomic E-state index is 0.812. The molecule has 0 bridgehead atoms. The first-order valence-corrected chi connectivity index (χ1v) is 7.91. The lowest BCUT2D eigenvalue weighted by Gasteiger charge is -2.08. The highest BCUT2D eigenvalue weighted by Gasteiger charge is 2.05. The summed E-state index contributed by atoms with van der Waals surface area (Å²) in [5.41, 5.74) is 2.39. The van der Waals surface area contributed by atoms with Gasteiger partial charge in [-0.25, -0.2) is 9.97 Å². The van der Waals surface area contributed by atoms with Gasteiger partial charge in [-0.2, -0.15) is 0 Å². The number of rotatable bonds is 5. The highest BCUT2D eigenvalue weighted by Crippen LogP contribution is 2.19. The topological polar surface area (TPSA) is 55.6 Å². The van der Waals surface area contributed by atoms with Crippen LogP contribution in [-0.4, -0.2) is 26.1 Å². The first-order valence-electron chi connectivity index (χ1n) is 7.91. The summed E-state index contributed by atoms with van der Waals surface area (Å²) in [5.74, 6) is 1.68. The predicted octanol–water partition coefficient (Wildman–Crippen LogP) is 3.47. The van der Waals surface area contributed by atoms with Gasteiger partial charge in [0, 0.05) is 31.2 Å². The summed E-state index contributed by atoms with van der Waals surface area (Å²) in [5, 5.41) is 4.56. The summed E-state index contributed by atoms with van der Waals surface area (Å²) in [4.78, 5) is 12.7. The van der Waals surface area contributed by atoms with Crippen molar-refractivity contribution in [3.8, 4) is 5.82 Å². The van der Waals surface area contributed by atoms with Crippen molar-refractivity contribution in [3.05, 3.63) is 79.0 Å². The molecule has 0 amide bonds. The smallest absolute Gasteiger partial charge is 0.142 e. The maximum absolute atomic E-state index is 4.40.